The van der Waals surface area contributed by atoms with Gasteiger partial charge in [-0.2, -0.15) is 0 Å². The third kappa shape index (κ3) is 3.68. The molecule has 0 unspecified atom stereocenters. The van der Waals surface area contributed by atoms with Gasteiger partial charge >= 0.3 is 5.97 Å². The molecule has 1 aromatic rings. The second-order valence-electron chi connectivity index (χ2n) is 4.35. The van der Waals surface area contributed by atoms with Gasteiger partial charge in [-0.25, -0.2) is 4.79 Å². The summed E-state index contributed by atoms with van der Waals surface area (Å²) in [5.74, 6) is -0.940. The van der Waals surface area contributed by atoms with Crippen LogP contribution in [0.15, 0.2) is 18.2 Å². The smallest absolute Gasteiger partial charge is 0.339 e. The maximum absolute atomic E-state index is 12.0. The molecule has 1 N–H and O–H groups in total. The molecule has 0 aromatic heterocycles. The molecule has 0 aliphatic rings. The fourth-order valence-electron chi connectivity index (χ4n) is 1.27. The number of carbonyl (C=O) groups excluding carboxylic acids is 2. The van der Waals surface area contributed by atoms with Crippen LogP contribution in [-0.4, -0.2) is 31.7 Å². The molecular formula is C13H16ClNO4. The quantitative estimate of drug-likeness (QED) is 0.863. The lowest BCUT2D eigenvalue weighted by Crippen LogP contribution is -2.39. The van der Waals surface area contributed by atoms with E-state index in [4.69, 9.17) is 16.3 Å². The van der Waals surface area contributed by atoms with Crippen molar-refractivity contribution in [3.8, 4) is 0 Å². The van der Waals surface area contributed by atoms with Gasteiger partial charge in [0, 0.05) is 12.1 Å². The van der Waals surface area contributed by atoms with Crippen molar-refractivity contribution in [1.82, 2.24) is 0 Å². The van der Waals surface area contributed by atoms with Crippen LogP contribution in [-0.2, 0) is 14.3 Å². The van der Waals surface area contributed by atoms with E-state index in [1.54, 1.807) is 19.9 Å². The molecule has 1 amide bonds. The number of halogens is 1. The summed E-state index contributed by atoms with van der Waals surface area (Å²) < 4.78 is 9.71. The Morgan fingerprint density at radius 2 is 1.89 bits per heavy atom. The number of amides is 1. The van der Waals surface area contributed by atoms with Crippen LogP contribution in [0.4, 0.5) is 5.69 Å². The van der Waals surface area contributed by atoms with Crippen molar-refractivity contribution >= 4 is 29.2 Å². The lowest BCUT2D eigenvalue weighted by atomic mass is 10.1. The Kier molecular flexibility index (Phi) is 4.91. The van der Waals surface area contributed by atoms with Crippen molar-refractivity contribution in [2.24, 2.45) is 0 Å². The Balaban J connectivity index is 3.09. The first-order valence-electron chi connectivity index (χ1n) is 5.56. The van der Waals surface area contributed by atoms with Gasteiger partial charge in [-0.05, 0) is 32.0 Å². The van der Waals surface area contributed by atoms with E-state index >= 15 is 0 Å². The van der Waals surface area contributed by atoms with E-state index in [0.717, 1.165) is 0 Å². The Morgan fingerprint density at radius 1 is 1.26 bits per heavy atom. The largest absolute Gasteiger partial charge is 0.465 e. The third-order valence-corrected chi connectivity index (χ3v) is 2.93. The molecule has 0 fully saturated rings. The molecule has 0 aliphatic carbocycles. The normalized spacial score (nSPS) is 11.0. The summed E-state index contributed by atoms with van der Waals surface area (Å²) in [5.41, 5.74) is -0.503. The van der Waals surface area contributed by atoms with E-state index in [-0.39, 0.29) is 17.2 Å². The highest BCUT2D eigenvalue weighted by Crippen LogP contribution is 2.23. The Bertz CT molecular complexity index is 499. The highest BCUT2D eigenvalue weighted by Gasteiger charge is 2.28. The van der Waals surface area contributed by atoms with Gasteiger partial charge in [-0.15, -0.1) is 0 Å². The van der Waals surface area contributed by atoms with Crippen LogP contribution in [0.2, 0.25) is 5.02 Å². The highest BCUT2D eigenvalue weighted by molar-refractivity contribution is 6.31. The van der Waals surface area contributed by atoms with E-state index in [0.29, 0.717) is 5.02 Å². The number of anilines is 1. The number of esters is 1. The average Bonchev–Trinajstić information content (AvgIpc) is 2.38. The number of hydrogen-bond acceptors (Lipinski definition) is 4. The highest BCUT2D eigenvalue weighted by atomic mass is 35.5. The standard InChI is InChI=1S/C13H16ClNO4/c1-13(2,19-4)12(17)15-10-7-8(14)5-6-9(10)11(16)18-3/h5-7H,1-4H3,(H,15,17). The molecule has 6 heteroatoms. The second-order valence-corrected chi connectivity index (χ2v) is 4.79. The zero-order valence-corrected chi connectivity index (χ0v) is 12.0. The summed E-state index contributed by atoms with van der Waals surface area (Å²) in [4.78, 5) is 23.6. The molecular weight excluding hydrogens is 270 g/mol. The molecule has 104 valence electrons. The fraction of sp³-hybridized carbons (Fsp3) is 0.385. The molecule has 19 heavy (non-hydrogen) atoms. The minimum absolute atomic E-state index is 0.229. The van der Waals surface area contributed by atoms with Crippen LogP contribution in [0.25, 0.3) is 0 Å². The lowest BCUT2D eigenvalue weighted by molar-refractivity contribution is -0.133. The zero-order chi connectivity index (χ0) is 14.6. The number of nitrogens with one attached hydrogen (secondary N) is 1. The monoisotopic (exact) mass is 285 g/mol. The minimum atomic E-state index is -1.02. The maximum atomic E-state index is 12.0. The molecule has 0 spiro atoms. The van der Waals surface area contributed by atoms with E-state index in [1.807, 2.05) is 0 Å². The topological polar surface area (TPSA) is 64.6 Å². The van der Waals surface area contributed by atoms with Crippen molar-refractivity contribution in [1.29, 1.82) is 0 Å². The molecule has 1 aromatic carbocycles. The summed E-state index contributed by atoms with van der Waals surface area (Å²) >= 11 is 5.86. The summed E-state index contributed by atoms with van der Waals surface area (Å²) in [5, 5.41) is 3.01. The molecule has 0 saturated heterocycles. The van der Waals surface area contributed by atoms with Crippen molar-refractivity contribution in [2.75, 3.05) is 19.5 Å². The van der Waals surface area contributed by atoms with E-state index in [9.17, 15) is 9.59 Å². The van der Waals surface area contributed by atoms with Gasteiger partial charge in [0.2, 0.25) is 0 Å². The minimum Gasteiger partial charge on any atom is -0.465 e. The zero-order valence-electron chi connectivity index (χ0n) is 11.2. The molecule has 0 heterocycles. The molecule has 0 aliphatic heterocycles. The Morgan fingerprint density at radius 3 is 2.42 bits per heavy atom. The molecule has 5 nitrogen and oxygen atoms in total. The third-order valence-electron chi connectivity index (χ3n) is 2.69. The Labute approximate surface area is 116 Å². The van der Waals surface area contributed by atoms with Gasteiger partial charge in [0.15, 0.2) is 0 Å². The maximum Gasteiger partial charge on any atom is 0.339 e. The van der Waals surface area contributed by atoms with Gasteiger partial charge in [-0.1, -0.05) is 11.6 Å². The SMILES string of the molecule is COC(=O)c1ccc(Cl)cc1NC(=O)C(C)(C)OC. The van der Waals surface area contributed by atoms with Crippen LogP contribution >= 0.6 is 11.6 Å². The summed E-state index contributed by atoms with van der Waals surface area (Å²) in [6.45, 7) is 3.23. The predicted molar refractivity (Wildman–Crippen MR) is 72.5 cm³/mol. The average molecular weight is 286 g/mol. The van der Waals surface area contributed by atoms with Crippen molar-refractivity contribution in [3.05, 3.63) is 28.8 Å². The van der Waals surface area contributed by atoms with Gasteiger partial charge in [-0.3, -0.25) is 4.79 Å². The molecule has 0 atom stereocenters. The number of carbonyl (C=O) groups is 2. The first kappa shape index (κ1) is 15.5. The summed E-state index contributed by atoms with van der Waals surface area (Å²) in [6, 6.07) is 4.52. The lowest BCUT2D eigenvalue weighted by Gasteiger charge is -2.22. The van der Waals surface area contributed by atoms with Crippen molar-refractivity contribution in [3.63, 3.8) is 0 Å². The molecule has 0 bridgehead atoms. The van der Waals surface area contributed by atoms with Crippen LogP contribution in [0.3, 0.4) is 0 Å². The number of ether oxygens (including phenoxy) is 2. The van der Waals surface area contributed by atoms with E-state index < -0.39 is 11.6 Å². The Hall–Kier alpha value is -1.59. The number of methoxy groups -OCH3 is 2. The van der Waals surface area contributed by atoms with Crippen LogP contribution in [0, 0.1) is 0 Å². The van der Waals surface area contributed by atoms with Crippen LogP contribution in [0.1, 0.15) is 24.2 Å². The van der Waals surface area contributed by atoms with Gasteiger partial charge in [0.1, 0.15) is 5.60 Å². The van der Waals surface area contributed by atoms with Crippen LogP contribution < -0.4 is 5.32 Å². The summed E-state index contributed by atoms with van der Waals surface area (Å²) in [6.07, 6.45) is 0. The molecule has 0 saturated carbocycles. The van der Waals surface area contributed by atoms with Gasteiger partial charge < -0.3 is 14.8 Å². The first-order valence-corrected chi connectivity index (χ1v) is 5.94. The predicted octanol–water partition coefficient (Wildman–Crippen LogP) is 2.49. The summed E-state index contributed by atoms with van der Waals surface area (Å²) in [7, 11) is 2.69. The van der Waals surface area contributed by atoms with Crippen LogP contribution in [0.5, 0.6) is 0 Å². The number of rotatable bonds is 4. The second kappa shape index (κ2) is 6.04. The van der Waals surface area contributed by atoms with Gasteiger partial charge in [0.25, 0.3) is 5.91 Å². The molecule has 0 radical (unpaired) electrons. The van der Waals surface area contributed by atoms with Crippen molar-refractivity contribution < 1.29 is 19.1 Å². The first-order chi connectivity index (χ1) is 8.81. The van der Waals surface area contributed by atoms with E-state index in [1.165, 1.54) is 26.4 Å². The van der Waals surface area contributed by atoms with E-state index in [2.05, 4.69) is 10.1 Å². The number of hydrogen-bond donors (Lipinski definition) is 1. The fourth-order valence-corrected chi connectivity index (χ4v) is 1.45. The number of benzene rings is 1. The molecule has 1 rings (SSSR count). The van der Waals surface area contributed by atoms with Crippen molar-refractivity contribution in [2.45, 2.75) is 19.4 Å². The van der Waals surface area contributed by atoms with Gasteiger partial charge in [0.05, 0.1) is 18.4 Å².